The number of anilines is 1. The number of nitrogens with zero attached hydrogens (tertiary/aromatic N) is 2. The van der Waals surface area contributed by atoms with Crippen molar-refractivity contribution in [2.75, 3.05) is 11.4 Å². The average Bonchev–Trinajstić information content (AvgIpc) is 2.89. The Bertz CT molecular complexity index is 382. The number of pyridine rings is 1. The molecule has 2 N–H and O–H groups in total. The average molecular weight is 268 g/mol. The number of hydrogen-bond donors (Lipinski definition) is 1. The highest BCUT2D eigenvalue weighted by molar-refractivity contribution is 9.10. The highest BCUT2D eigenvalue weighted by Gasteiger charge is 2.51. The fraction of sp³-hybridized carbons (Fsp3) is 0.545. The molecule has 2 fully saturated rings. The predicted octanol–water partition coefficient (Wildman–Crippen LogP) is 1.77. The minimum atomic E-state index is 0.518. The van der Waals surface area contributed by atoms with Gasteiger partial charge >= 0.3 is 0 Å². The third kappa shape index (κ3) is 1.56. The molecule has 1 aromatic rings. The molecule has 80 valence electrons. The van der Waals surface area contributed by atoms with E-state index in [0.29, 0.717) is 6.04 Å². The lowest BCUT2D eigenvalue weighted by molar-refractivity contribution is 0.606. The number of rotatable bonds is 2. The minimum absolute atomic E-state index is 0.518. The van der Waals surface area contributed by atoms with E-state index in [0.717, 1.165) is 23.0 Å². The second kappa shape index (κ2) is 3.46. The molecule has 0 aromatic carbocycles. The molecule has 3 atom stereocenters. The van der Waals surface area contributed by atoms with E-state index in [1.807, 2.05) is 12.4 Å². The Labute approximate surface area is 97.8 Å². The number of aromatic nitrogens is 1. The van der Waals surface area contributed by atoms with Crippen LogP contribution in [-0.2, 0) is 0 Å². The molecule has 3 unspecified atom stereocenters. The molecular weight excluding hydrogens is 254 g/mol. The Hall–Kier alpha value is -0.610. The maximum absolute atomic E-state index is 5.81. The summed E-state index contributed by atoms with van der Waals surface area (Å²) in [7, 11) is 0. The Morgan fingerprint density at radius 3 is 3.07 bits per heavy atom. The number of hydrogen-bond acceptors (Lipinski definition) is 3. The van der Waals surface area contributed by atoms with Crippen molar-refractivity contribution < 1.29 is 0 Å². The fourth-order valence-electron chi connectivity index (χ4n) is 2.71. The first kappa shape index (κ1) is 9.60. The first-order chi connectivity index (χ1) is 7.29. The van der Waals surface area contributed by atoms with E-state index in [4.69, 9.17) is 5.73 Å². The standard InChI is InChI=1S/C11H14BrN3/c12-8-3-10(6-14-5-8)15-9(4-13)1-7-2-11(7)15/h3,5-7,9,11H,1-2,4,13H2. The highest BCUT2D eigenvalue weighted by Crippen LogP contribution is 2.49. The molecular formula is C11H14BrN3. The molecule has 4 heteroatoms. The van der Waals surface area contributed by atoms with Crippen LogP contribution in [0, 0.1) is 5.92 Å². The largest absolute Gasteiger partial charge is 0.363 e. The normalized spacial score (nSPS) is 32.9. The van der Waals surface area contributed by atoms with Gasteiger partial charge in [0.1, 0.15) is 0 Å². The van der Waals surface area contributed by atoms with Crippen LogP contribution in [0.2, 0.25) is 0 Å². The highest BCUT2D eigenvalue weighted by atomic mass is 79.9. The van der Waals surface area contributed by atoms with Gasteiger partial charge < -0.3 is 10.6 Å². The first-order valence-electron chi connectivity index (χ1n) is 5.38. The molecule has 1 aliphatic carbocycles. The van der Waals surface area contributed by atoms with E-state index in [-0.39, 0.29) is 0 Å². The number of halogens is 1. The maximum atomic E-state index is 5.81. The lowest BCUT2D eigenvalue weighted by Crippen LogP contribution is -2.38. The molecule has 3 nitrogen and oxygen atoms in total. The van der Waals surface area contributed by atoms with Gasteiger partial charge in [-0.15, -0.1) is 0 Å². The smallest absolute Gasteiger partial charge is 0.0569 e. The van der Waals surface area contributed by atoms with Crippen LogP contribution >= 0.6 is 15.9 Å². The van der Waals surface area contributed by atoms with Gasteiger partial charge in [-0.05, 0) is 40.8 Å². The first-order valence-corrected chi connectivity index (χ1v) is 6.18. The van der Waals surface area contributed by atoms with Gasteiger partial charge in [0.25, 0.3) is 0 Å². The molecule has 1 saturated heterocycles. The molecule has 2 heterocycles. The summed E-state index contributed by atoms with van der Waals surface area (Å²) >= 11 is 3.46. The molecule has 0 radical (unpaired) electrons. The second-order valence-electron chi connectivity index (χ2n) is 4.46. The Balaban J connectivity index is 1.92. The number of fused-ring (bicyclic) bond motifs is 1. The van der Waals surface area contributed by atoms with Crippen LogP contribution in [0.15, 0.2) is 22.9 Å². The van der Waals surface area contributed by atoms with Crippen molar-refractivity contribution in [3.8, 4) is 0 Å². The van der Waals surface area contributed by atoms with Crippen LogP contribution in [0.4, 0.5) is 5.69 Å². The zero-order valence-electron chi connectivity index (χ0n) is 8.44. The summed E-state index contributed by atoms with van der Waals surface area (Å²) in [6.45, 7) is 0.750. The van der Waals surface area contributed by atoms with E-state index in [1.54, 1.807) is 0 Å². The van der Waals surface area contributed by atoms with Gasteiger partial charge in [0.2, 0.25) is 0 Å². The summed E-state index contributed by atoms with van der Waals surface area (Å²) in [5.74, 6) is 0.887. The van der Waals surface area contributed by atoms with Crippen LogP contribution in [0.5, 0.6) is 0 Å². The molecule has 15 heavy (non-hydrogen) atoms. The van der Waals surface area contributed by atoms with Crippen molar-refractivity contribution in [3.63, 3.8) is 0 Å². The van der Waals surface area contributed by atoms with Gasteiger partial charge in [0.05, 0.1) is 11.9 Å². The summed E-state index contributed by atoms with van der Waals surface area (Å²) in [5, 5.41) is 0. The fourth-order valence-corrected chi connectivity index (χ4v) is 3.07. The zero-order chi connectivity index (χ0) is 10.4. The van der Waals surface area contributed by atoms with Crippen molar-refractivity contribution in [2.24, 2.45) is 11.7 Å². The molecule has 1 saturated carbocycles. The van der Waals surface area contributed by atoms with Crippen molar-refractivity contribution in [1.29, 1.82) is 0 Å². The summed E-state index contributed by atoms with van der Waals surface area (Å²) in [6, 6.07) is 3.38. The Kier molecular flexibility index (Phi) is 2.21. The van der Waals surface area contributed by atoms with E-state index < -0.39 is 0 Å². The number of nitrogens with two attached hydrogens (primary N) is 1. The minimum Gasteiger partial charge on any atom is -0.363 e. The summed E-state index contributed by atoms with van der Waals surface area (Å²) < 4.78 is 1.04. The van der Waals surface area contributed by atoms with Crippen molar-refractivity contribution >= 4 is 21.6 Å². The summed E-state index contributed by atoms with van der Waals surface area (Å²) in [5.41, 5.74) is 7.02. The summed E-state index contributed by atoms with van der Waals surface area (Å²) in [6.07, 6.45) is 6.35. The zero-order valence-corrected chi connectivity index (χ0v) is 10.0. The maximum Gasteiger partial charge on any atom is 0.0569 e. The van der Waals surface area contributed by atoms with Crippen molar-refractivity contribution in [1.82, 2.24) is 4.98 Å². The number of piperidine rings is 1. The van der Waals surface area contributed by atoms with Crippen LogP contribution in [-0.4, -0.2) is 23.6 Å². The van der Waals surface area contributed by atoms with Gasteiger partial charge in [0.15, 0.2) is 0 Å². The van der Waals surface area contributed by atoms with Gasteiger partial charge in [-0.3, -0.25) is 4.98 Å². The quantitative estimate of drug-likeness (QED) is 0.888. The van der Waals surface area contributed by atoms with Crippen LogP contribution in [0.1, 0.15) is 12.8 Å². The van der Waals surface area contributed by atoms with E-state index in [9.17, 15) is 0 Å². The third-order valence-corrected chi connectivity index (χ3v) is 3.91. The van der Waals surface area contributed by atoms with E-state index >= 15 is 0 Å². The second-order valence-corrected chi connectivity index (χ2v) is 5.37. The van der Waals surface area contributed by atoms with Gasteiger partial charge in [-0.25, -0.2) is 0 Å². The third-order valence-electron chi connectivity index (χ3n) is 3.47. The molecule has 1 aliphatic heterocycles. The topological polar surface area (TPSA) is 42.1 Å². The lowest BCUT2D eigenvalue weighted by atomic mass is 10.1. The van der Waals surface area contributed by atoms with Gasteiger partial charge in [-0.1, -0.05) is 0 Å². The molecule has 0 spiro atoms. The molecule has 0 bridgehead atoms. The van der Waals surface area contributed by atoms with Gasteiger partial charge in [0, 0.05) is 29.3 Å². The van der Waals surface area contributed by atoms with Gasteiger partial charge in [-0.2, -0.15) is 0 Å². The van der Waals surface area contributed by atoms with Crippen molar-refractivity contribution in [2.45, 2.75) is 24.9 Å². The van der Waals surface area contributed by atoms with E-state index in [1.165, 1.54) is 18.5 Å². The van der Waals surface area contributed by atoms with Crippen LogP contribution < -0.4 is 10.6 Å². The predicted molar refractivity (Wildman–Crippen MR) is 63.8 cm³/mol. The molecule has 1 aromatic heterocycles. The summed E-state index contributed by atoms with van der Waals surface area (Å²) in [4.78, 5) is 6.68. The SMILES string of the molecule is NCC1CC2CC2N1c1cncc(Br)c1. The molecule has 0 amide bonds. The monoisotopic (exact) mass is 267 g/mol. The van der Waals surface area contributed by atoms with Crippen LogP contribution in [0.25, 0.3) is 0 Å². The molecule has 3 rings (SSSR count). The Morgan fingerprint density at radius 1 is 1.47 bits per heavy atom. The Morgan fingerprint density at radius 2 is 2.33 bits per heavy atom. The van der Waals surface area contributed by atoms with E-state index in [2.05, 4.69) is 31.9 Å². The van der Waals surface area contributed by atoms with Crippen LogP contribution in [0.3, 0.4) is 0 Å². The molecule has 2 aliphatic rings. The van der Waals surface area contributed by atoms with Crippen molar-refractivity contribution in [3.05, 3.63) is 22.9 Å². The lowest BCUT2D eigenvalue weighted by Gasteiger charge is -2.28.